The van der Waals surface area contributed by atoms with Crippen LogP contribution in [0.3, 0.4) is 0 Å². The van der Waals surface area contributed by atoms with E-state index >= 15 is 0 Å². The van der Waals surface area contributed by atoms with E-state index in [4.69, 9.17) is 16.3 Å². The van der Waals surface area contributed by atoms with Crippen molar-refractivity contribution in [3.63, 3.8) is 0 Å². The summed E-state index contributed by atoms with van der Waals surface area (Å²) in [6, 6.07) is 6.21. The molecule has 0 aliphatic heterocycles. The lowest BCUT2D eigenvalue weighted by atomic mass is 10.2. The summed E-state index contributed by atoms with van der Waals surface area (Å²) in [4.78, 5) is 4.60. The van der Waals surface area contributed by atoms with Gasteiger partial charge in [0.2, 0.25) is 0 Å². The SMILES string of the molecule is Cc1cccc2c1nc(CCl)n2CCOC(C)C. The number of imidazole rings is 1. The second kappa shape index (κ2) is 5.72. The largest absolute Gasteiger partial charge is 0.377 e. The topological polar surface area (TPSA) is 27.1 Å². The van der Waals surface area contributed by atoms with Crippen LogP contribution in [0.2, 0.25) is 0 Å². The number of benzene rings is 1. The minimum atomic E-state index is 0.251. The van der Waals surface area contributed by atoms with E-state index in [9.17, 15) is 0 Å². The Balaban J connectivity index is 2.32. The number of halogens is 1. The Labute approximate surface area is 113 Å². The number of hydrogen-bond donors (Lipinski definition) is 0. The standard InChI is InChI=1S/C14H19ClN2O/c1-10(2)18-8-7-17-12-6-4-5-11(3)14(12)16-13(17)9-15/h4-6,10H,7-9H2,1-3H3. The van der Waals surface area contributed by atoms with Gasteiger partial charge in [0.25, 0.3) is 0 Å². The molecular weight excluding hydrogens is 248 g/mol. The highest BCUT2D eigenvalue weighted by molar-refractivity contribution is 6.16. The van der Waals surface area contributed by atoms with Gasteiger partial charge in [0.05, 0.1) is 29.6 Å². The summed E-state index contributed by atoms with van der Waals surface area (Å²) in [5.41, 5.74) is 3.36. The predicted octanol–water partition coefficient (Wildman–Crippen LogP) is 3.51. The van der Waals surface area contributed by atoms with Crippen molar-refractivity contribution in [2.75, 3.05) is 6.61 Å². The third-order valence-corrected chi connectivity index (χ3v) is 3.18. The third kappa shape index (κ3) is 2.68. The van der Waals surface area contributed by atoms with Gasteiger partial charge in [-0.05, 0) is 32.4 Å². The molecule has 0 radical (unpaired) electrons. The zero-order valence-corrected chi connectivity index (χ0v) is 11.9. The van der Waals surface area contributed by atoms with Crippen molar-refractivity contribution >= 4 is 22.6 Å². The molecule has 0 fully saturated rings. The fourth-order valence-corrected chi connectivity index (χ4v) is 2.27. The molecule has 0 amide bonds. The molecule has 1 aromatic heterocycles. The highest BCUT2D eigenvalue weighted by atomic mass is 35.5. The van der Waals surface area contributed by atoms with E-state index in [-0.39, 0.29) is 6.10 Å². The second-order valence-electron chi connectivity index (χ2n) is 4.68. The zero-order valence-electron chi connectivity index (χ0n) is 11.1. The maximum atomic E-state index is 5.97. The van der Waals surface area contributed by atoms with Crippen molar-refractivity contribution in [2.45, 2.75) is 39.3 Å². The number of rotatable bonds is 5. The van der Waals surface area contributed by atoms with E-state index in [1.54, 1.807) is 0 Å². The van der Waals surface area contributed by atoms with E-state index in [1.165, 1.54) is 5.56 Å². The molecule has 1 heterocycles. The van der Waals surface area contributed by atoms with Crippen LogP contribution in [-0.2, 0) is 17.2 Å². The van der Waals surface area contributed by atoms with Gasteiger partial charge in [0.1, 0.15) is 5.82 Å². The molecule has 2 rings (SSSR count). The van der Waals surface area contributed by atoms with Gasteiger partial charge in [-0.25, -0.2) is 4.98 Å². The Morgan fingerprint density at radius 1 is 1.39 bits per heavy atom. The van der Waals surface area contributed by atoms with Gasteiger partial charge in [0.15, 0.2) is 0 Å². The Morgan fingerprint density at radius 2 is 2.17 bits per heavy atom. The van der Waals surface area contributed by atoms with Gasteiger partial charge in [-0.15, -0.1) is 11.6 Å². The average molecular weight is 267 g/mol. The van der Waals surface area contributed by atoms with Crippen molar-refractivity contribution in [3.8, 4) is 0 Å². The smallest absolute Gasteiger partial charge is 0.124 e. The van der Waals surface area contributed by atoms with Gasteiger partial charge in [0, 0.05) is 6.54 Å². The van der Waals surface area contributed by atoms with Crippen LogP contribution in [-0.4, -0.2) is 22.3 Å². The first-order valence-corrected chi connectivity index (χ1v) is 6.79. The molecule has 0 aliphatic carbocycles. The number of aryl methyl sites for hydroxylation is 1. The minimum absolute atomic E-state index is 0.251. The maximum absolute atomic E-state index is 5.97. The molecule has 0 N–H and O–H groups in total. The number of fused-ring (bicyclic) bond motifs is 1. The van der Waals surface area contributed by atoms with E-state index in [2.05, 4.69) is 34.7 Å². The molecule has 0 unspecified atom stereocenters. The number of alkyl halides is 1. The van der Waals surface area contributed by atoms with E-state index in [1.807, 2.05) is 13.8 Å². The first-order valence-electron chi connectivity index (χ1n) is 6.25. The summed E-state index contributed by atoms with van der Waals surface area (Å²) >= 11 is 5.97. The molecule has 1 aromatic carbocycles. The summed E-state index contributed by atoms with van der Waals surface area (Å²) in [5.74, 6) is 1.34. The molecule has 3 nitrogen and oxygen atoms in total. The third-order valence-electron chi connectivity index (χ3n) is 2.95. The van der Waals surface area contributed by atoms with Crippen molar-refractivity contribution in [2.24, 2.45) is 0 Å². The number of hydrogen-bond acceptors (Lipinski definition) is 2. The average Bonchev–Trinajstić information content (AvgIpc) is 2.69. The lowest BCUT2D eigenvalue weighted by Gasteiger charge is -2.10. The number of ether oxygens (including phenoxy) is 1. The molecule has 98 valence electrons. The monoisotopic (exact) mass is 266 g/mol. The van der Waals surface area contributed by atoms with E-state index < -0.39 is 0 Å². The molecule has 0 bridgehead atoms. The predicted molar refractivity (Wildman–Crippen MR) is 75.1 cm³/mol. The highest BCUT2D eigenvalue weighted by Crippen LogP contribution is 2.20. The highest BCUT2D eigenvalue weighted by Gasteiger charge is 2.11. The fraction of sp³-hybridized carbons (Fsp3) is 0.500. The molecule has 0 spiro atoms. The molecule has 4 heteroatoms. The van der Waals surface area contributed by atoms with E-state index in [0.29, 0.717) is 12.5 Å². The summed E-state index contributed by atoms with van der Waals surface area (Å²) in [6.45, 7) is 7.63. The first kappa shape index (κ1) is 13.4. The molecular formula is C14H19ClN2O. The molecule has 0 saturated heterocycles. The van der Waals surface area contributed by atoms with Crippen molar-refractivity contribution < 1.29 is 4.74 Å². The van der Waals surface area contributed by atoms with Crippen LogP contribution in [0.4, 0.5) is 0 Å². The van der Waals surface area contributed by atoms with Crippen LogP contribution in [0.1, 0.15) is 25.2 Å². The molecule has 0 aliphatic rings. The lowest BCUT2D eigenvalue weighted by Crippen LogP contribution is -2.12. The Morgan fingerprint density at radius 3 is 2.83 bits per heavy atom. The molecule has 18 heavy (non-hydrogen) atoms. The fourth-order valence-electron chi connectivity index (χ4n) is 2.07. The van der Waals surface area contributed by atoms with Gasteiger partial charge in [-0.1, -0.05) is 12.1 Å². The van der Waals surface area contributed by atoms with Crippen LogP contribution in [0.5, 0.6) is 0 Å². The van der Waals surface area contributed by atoms with Crippen LogP contribution in [0.15, 0.2) is 18.2 Å². The quantitative estimate of drug-likeness (QED) is 0.775. The minimum Gasteiger partial charge on any atom is -0.377 e. The van der Waals surface area contributed by atoms with Crippen LogP contribution in [0, 0.1) is 6.92 Å². The van der Waals surface area contributed by atoms with Crippen molar-refractivity contribution in [1.29, 1.82) is 0 Å². The zero-order chi connectivity index (χ0) is 13.1. The normalized spacial score (nSPS) is 11.6. The van der Waals surface area contributed by atoms with E-state index in [0.717, 1.165) is 23.4 Å². The maximum Gasteiger partial charge on any atom is 0.124 e. The Bertz CT molecular complexity index is 534. The Hall–Kier alpha value is -1.06. The van der Waals surface area contributed by atoms with Crippen LogP contribution < -0.4 is 0 Å². The number of nitrogens with zero attached hydrogens (tertiary/aromatic N) is 2. The molecule has 0 atom stereocenters. The van der Waals surface area contributed by atoms with Crippen molar-refractivity contribution in [3.05, 3.63) is 29.6 Å². The van der Waals surface area contributed by atoms with Gasteiger partial charge in [-0.2, -0.15) is 0 Å². The number of aromatic nitrogens is 2. The van der Waals surface area contributed by atoms with Crippen LogP contribution in [0.25, 0.3) is 11.0 Å². The van der Waals surface area contributed by atoms with Crippen molar-refractivity contribution in [1.82, 2.24) is 9.55 Å². The summed E-state index contributed by atoms with van der Waals surface area (Å²) in [7, 11) is 0. The summed E-state index contributed by atoms with van der Waals surface area (Å²) in [5, 5.41) is 0. The van der Waals surface area contributed by atoms with Gasteiger partial charge in [-0.3, -0.25) is 0 Å². The summed E-state index contributed by atoms with van der Waals surface area (Å²) < 4.78 is 7.75. The number of para-hydroxylation sites is 1. The molecule has 0 saturated carbocycles. The lowest BCUT2D eigenvalue weighted by molar-refractivity contribution is 0.0729. The summed E-state index contributed by atoms with van der Waals surface area (Å²) in [6.07, 6.45) is 0.251. The molecule has 2 aromatic rings. The van der Waals surface area contributed by atoms with Gasteiger partial charge < -0.3 is 9.30 Å². The Kier molecular flexibility index (Phi) is 4.25. The van der Waals surface area contributed by atoms with Gasteiger partial charge >= 0.3 is 0 Å². The van der Waals surface area contributed by atoms with Crippen LogP contribution >= 0.6 is 11.6 Å². The first-order chi connectivity index (χ1) is 8.63. The second-order valence-corrected chi connectivity index (χ2v) is 4.94.